The molecule has 0 fully saturated rings. The van der Waals surface area contributed by atoms with Crippen molar-refractivity contribution in [2.75, 3.05) is 6.54 Å². The Labute approximate surface area is 190 Å². The van der Waals surface area contributed by atoms with Gasteiger partial charge in [0.05, 0.1) is 11.7 Å². The van der Waals surface area contributed by atoms with Gasteiger partial charge in [-0.1, -0.05) is 45.0 Å². The molecule has 9 nitrogen and oxygen atoms in total. The number of rotatable bonds is 6. The summed E-state index contributed by atoms with van der Waals surface area (Å²) >= 11 is 0. The lowest BCUT2D eigenvalue weighted by Crippen LogP contribution is -2.27. The second-order valence-electron chi connectivity index (χ2n) is 8.94. The van der Waals surface area contributed by atoms with Crippen LogP contribution < -0.4 is 5.32 Å². The number of amides is 1. The van der Waals surface area contributed by atoms with Gasteiger partial charge in [0.1, 0.15) is 18.1 Å². The Morgan fingerprint density at radius 3 is 2.73 bits per heavy atom. The number of fused-ring (bicyclic) bond motifs is 2. The lowest BCUT2D eigenvalue weighted by Gasteiger charge is -2.13. The fourth-order valence-electron chi connectivity index (χ4n) is 3.71. The maximum absolute atomic E-state index is 13.0. The lowest BCUT2D eigenvalue weighted by atomic mass is 9.94. The molecule has 4 heterocycles. The number of pyridine rings is 1. The molecule has 5 rings (SSSR count). The van der Waals surface area contributed by atoms with E-state index in [0.717, 1.165) is 28.1 Å². The Kier molecular flexibility index (Phi) is 5.16. The summed E-state index contributed by atoms with van der Waals surface area (Å²) in [6.07, 6.45) is 4.22. The van der Waals surface area contributed by atoms with E-state index < -0.39 is 0 Å². The number of para-hydroxylation sites is 1. The Morgan fingerprint density at radius 2 is 1.91 bits per heavy atom. The summed E-state index contributed by atoms with van der Waals surface area (Å²) < 4.78 is 9.60. The number of hydrogen-bond donors (Lipinski definition) is 1. The highest BCUT2D eigenvalue weighted by Crippen LogP contribution is 2.24. The van der Waals surface area contributed by atoms with Crippen molar-refractivity contribution in [3.05, 3.63) is 78.0 Å². The molecule has 5 aromatic rings. The van der Waals surface area contributed by atoms with Crippen LogP contribution in [-0.2, 0) is 18.4 Å². The minimum Gasteiger partial charge on any atom is -0.443 e. The summed E-state index contributed by atoms with van der Waals surface area (Å²) in [5.74, 6) is 1.92. The van der Waals surface area contributed by atoms with Gasteiger partial charge in [0, 0.05) is 30.0 Å². The normalized spacial score (nSPS) is 12.0. The van der Waals surface area contributed by atoms with E-state index >= 15 is 0 Å². The minimum atomic E-state index is -0.235. The number of oxazole rings is 1. The van der Waals surface area contributed by atoms with Crippen LogP contribution in [0.5, 0.6) is 0 Å². The van der Waals surface area contributed by atoms with Crippen molar-refractivity contribution in [2.24, 2.45) is 0 Å². The molecule has 1 aromatic carbocycles. The van der Waals surface area contributed by atoms with E-state index in [9.17, 15) is 4.79 Å². The van der Waals surface area contributed by atoms with Crippen molar-refractivity contribution in [3.8, 4) is 0 Å². The molecule has 0 radical (unpaired) electrons. The van der Waals surface area contributed by atoms with Crippen LogP contribution in [0.4, 0.5) is 0 Å². The zero-order chi connectivity index (χ0) is 23.0. The summed E-state index contributed by atoms with van der Waals surface area (Å²) in [6, 6.07) is 13.4. The summed E-state index contributed by atoms with van der Waals surface area (Å²) in [4.78, 5) is 17.4. The van der Waals surface area contributed by atoms with Gasteiger partial charge in [0.15, 0.2) is 11.3 Å². The molecule has 0 aliphatic carbocycles. The summed E-state index contributed by atoms with van der Waals surface area (Å²) in [5.41, 5.74) is 1.88. The first-order chi connectivity index (χ1) is 15.9. The van der Waals surface area contributed by atoms with Crippen LogP contribution in [0.25, 0.3) is 16.6 Å². The smallest absolute Gasteiger partial charge is 0.272 e. The highest BCUT2D eigenvalue weighted by atomic mass is 16.4. The third-order valence-electron chi connectivity index (χ3n) is 5.47. The first-order valence-corrected chi connectivity index (χ1v) is 10.9. The molecule has 0 spiro atoms. The standard InChI is InChI=1S/C24H25N7O2/c1-24(2,3)18-14-26-21(33-18)15-31-17-9-5-4-8-16(17)22(29-31)23(32)25-12-11-20-28-27-19-10-6-7-13-30(19)20/h4-10,13-14H,11-12,15H2,1-3H3,(H,25,32). The molecule has 4 aromatic heterocycles. The molecule has 0 bridgehead atoms. The zero-order valence-electron chi connectivity index (χ0n) is 18.8. The summed E-state index contributed by atoms with van der Waals surface area (Å²) in [5, 5.41) is 16.7. The lowest BCUT2D eigenvalue weighted by molar-refractivity contribution is 0.0949. The molecule has 0 atom stereocenters. The van der Waals surface area contributed by atoms with E-state index in [0.29, 0.717) is 31.1 Å². The molecule has 0 aliphatic heterocycles. The average molecular weight is 444 g/mol. The summed E-state index contributed by atoms with van der Waals surface area (Å²) in [7, 11) is 0. The molecule has 0 aliphatic rings. The van der Waals surface area contributed by atoms with Gasteiger partial charge < -0.3 is 9.73 Å². The molecular weight excluding hydrogens is 418 g/mol. The molecule has 1 amide bonds. The molecular formula is C24H25N7O2. The van der Waals surface area contributed by atoms with Crippen LogP contribution in [0.2, 0.25) is 0 Å². The van der Waals surface area contributed by atoms with E-state index in [2.05, 4.69) is 46.4 Å². The molecule has 0 unspecified atom stereocenters. The van der Waals surface area contributed by atoms with E-state index in [1.165, 1.54) is 0 Å². The predicted molar refractivity (Wildman–Crippen MR) is 123 cm³/mol. The van der Waals surface area contributed by atoms with Crippen molar-refractivity contribution >= 4 is 22.5 Å². The Balaban J connectivity index is 1.33. The van der Waals surface area contributed by atoms with Crippen molar-refractivity contribution in [3.63, 3.8) is 0 Å². The Morgan fingerprint density at radius 1 is 1.09 bits per heavy atom. The third kappa shape index (κ3) is 4.09. The van der Waals surface area contributed by atoms with Crippen LogP contribution in [0, 0.1) is 0 Å². The van der Waals surface area contributed by atoms with E-state index in [-0.39, 0.29) is 11.3 Å². The van der Waals surface area contributed by atoms with Crippen molar-refractivity contribution < 1.29 is 9.21 Å². The zero-order valence-corrected chi connectivity index (χ0v) is 18.8. The van der Waals surface area contributed by atoms with Gasteiger partial charge >= 0.3 is 0 Å². The SMILES string of the molecule is CC(C)(C)c1cnc(Cn2nc(C(=O)NCCc3nnc4ccccn34)c3ccccc32)o1. The van der Waals surface area contributed by atoms with Gasteiger partial charge in [-0.25, -0.2) is 4.98 Å². The van der Waals surface area contributed by atoms with Crippen molar-refractivity contribution in [1.82, 2.24) is 34.7 Å². The van der Waals surface area contributed by atoms with E-state index in [4.69, 9.17) is 4.42 Å². The van der Waals surface area contributed by atoms with Gasteiger partial charge in [0.2, 0.25) is 5.89 Å². The molecule has 1 N–H and O–H groups in total. The fourth-order valence-corrected chi connectivity index (χ4v) is 3.71. The minimum absolute atomic E-state index is 0.127. The summed E-state index contributed by atoms with van der Waals surface area (Å²) in [6.45, 7) is 6.99. The largest absolute Gasteiger partial charge is 0.443 e. The number of benzene rings is 1. The van der Waals surface area contributed by atoms with Gasteiger partial charge in [-0.05, 0) is 18.2 Å². The van der Waals surface area contributed by atoms with Gasteiger partial charge in [-0.15, -0.1) is 10.2 Å². The fraction of sp³-hybridized carbons (Fsp3) is 0.292. The van der Waals surface area contributed by atoms with Crippen LogP contribution >= 0.6 is 0 Å². The van der Waals surface area contributed by atoms with Gasteiger partial charge in [0.25, 0.3) is 5.91 Å². The van der Waals surface area contributed by atoms with Crippen molar-refractivity contribution in [1.29, 1.82) is 0 Å². The van der Waals surface area contributed by atoms with E-state index in [1.807, 2.05) is 53.1 Å². The number of nitrogens with zero attached hydrogens (tertiary/aromatic N) is 6. The van der Waals surface area contributed by atoms with Gasteiger partial charge in [-0.2, -0.15) is 5.10 Å². The topological polar surface area (TPSA) is 103 Å². The second kappa shape index (κ2) is 8.16. The molecule has 0 saturated heterocycles. The Bertz CT molecular complexity index is 1440. The first-order valence-electron chi connectivity index (χ1n) is 10.9. The third-order valence-corrected chi connectivity index (χ3v) is 5.47. The first kappa shape index (κ1) is 20.9. The number of aromatic nitrogens is 6. The second-order valence-corrected chi connectivity index (χ2v) is 8.94. The highest BCUT2D eigenvalue weighted by Gasteiger charge is 2.21. The van der Waals surface area contributed by atoms with Crippen LogP contribution in [0.15, 0.2) is 59.3 Å². The quantitative estimate of drug-likeness (QED) is 0.432. The number of nitrogens with one attached hydrogen (secondary N) is 1. The number of carbonyl (C=O) groups is 1. The number of carbonyl (C=O) groups excluding carboxylic acids is 1. The molecule has 9 heteroatoms. The van der Waals surface area contributed by atoms with E-state index in [1.54, 1.807) is 10.9 Å². The highest BCUT2D eigenvalue weighted by molar-refractivity contribution is 6.04. The van der Waals surface area contributed by atoms with Gasteiger partial charge in [-0.3, -0.25) is 13.9 Å². The monoisotopic (exact) mass is 443 g/mol. The van der Waals surface area contributed by atoms with Crippen LogP contribution in [-0.4, -0.2) is 41.8 Å². The molecule has 0 saturated carbocycles. The molecule has 33 heavy (non-hydrogen) atoms. The van der Waals surface area contributed by atoms with Crippen LogP contribution in [0.1, 0.15) is 48.7 Å². The molecule has 168 valence electrons. The predicted octanol–water partition coefficient (Wildman–Crippen LogP) is 3.39. The Hall–Kier alpha value is -4.01. The maximum atomic E-state index is 13.0. The average Bonchev–Trinajstić information content (AvgIpc) is 3.52. The maximum Gasteiger partial charge on any atom is 0.272 e. The van der Waals surface area contributed by atoms with Crippen molar-refractivity contribution in [2.45, 2.75) is 39.2 Å². The van der Waals surface area contributed by atoms with Crippen LogP contribution in [0.3, 0.4) is 0 Å². The number of hydrogen-bond acceptors (Lipinski definition) is 6.